The molecule has 1 saturated heterocycles. The average molecular weight is 558 g/mol. The third kappa shape index (κ3) is 6.55. The maximum atomic E-state index is 15.0. The number of piperazine rings is 1. The summed E-state index contributed by atoms with van der Waals surface area (Å²) >= 11 is 0. The molecular weight excluding hydrogens is 532 g/mol. The number of nitrogens with zero attached hydrogens (tertiary/aromatic N) is 4. The van der Waals surface area contributed by atoms with Crippen LogP contribution >= 0.6 is 0 Å². The number of anilines is 2. The number of carbonyl (C=O) groups is 1. The summed E-state index contributed by atoms with van der Waals surface area (Å²) in [4.78, 5) is 32.0. The molecule has 2 aromatic carbocycles. The number of amides is 1. The Morgan fingerprint density at radius 1 is 1.05 bits per heavy atom. The summed E-state index contributed by atoms with van der Waals surface area (Å²) in [6.45, 7) is 4.12. The van der Waals surface area contributed by atoms with E-state index >= 15 is 4.39 Å². The fourth-order valence-electron chi connectivity index (χ4n) is 4.11. The van der Waals surface area contributed by atoms with Gasteiger partial charge in [0, 0.05) is 56.4 Å². The van der Waals surface area contributed by atoms with Crippen molar-refractivity contribution in [2.75, 3.05) is 43.8 Å². The van der Waals surface area contributed by atoms with Crippen molar-refractivity contribution in [2.45, 2.75) is 0 Å². The third-order valence-electron chi connectivity index (χ3n) is 6.24. The smallest absolute Gasteiger partial charge is 0.284 e. The lowest BCUT2D eigenvalue weighted by Crippen LogP contribution is -2.43. The van der Waals surface area contributed by atoms with Gasteiger partial charge in [0.25, 0.3) is 11.5 Å². The fourth-order valence-corrected chi connectivity index (χ4v) is 4.11. The maximum Gasteiger partial charge on any atom is 0.284 e. The van der Waals surface area contributed by atoms with Crippen molar-refractivity contribution in [3.05, 3.63) is 100 Å². The molecule has 3 heterocycles. The number of nitrogens with one attached hydrogen (secondary N) is 2. The van der Waals surface area contributed by atoms with E-state index in [-0.39, 0.29) is 34.3 Å². The van der Waals surface area contributed by atoms with Gasteiger partial charge in [-0.3, -0.25) is 14.5 Å². The van der Waals surface area contributed by atoms with Crippen molar-refractivity contribution >= 4 is 17.4 Å². The second-order valence-corrected chi connectivity index (χ2v) is 9.04. The maximum absolute atomic E-state index is 15.0. The Balaban J connectivity index is 1.31. The monoisotopic (exact) mass is 557 g/mol. The first-order valence-corrected chi connectivity index (χ1v) is 12.7. The van der Waals surface area contributed by atoms with Gasteiger partial charge in [-0.25, -0.2) is 13.8 Å². The number of rotatable bonds is 6. The molecular formula is C29H25F2N7O3. The Labute approximate surface area is 233 Å². The van der Waals surface area contributed by atoms with Gasteiger partial charge in [0.2, 0.25) is 0 Å². The first-order valence-electron chi connectivity index (χ1n) is 12.7. The van der Waals surface area contributed by atoms with Crippen LogP contribution < -0.4 is 26.7 Å². The van der Waals surface area contributed by atoms with Crippen molar-refractivity contribution in [2.24, 2.45) is 0 Å². The van der Waals surface area contributed by atoms with Crippen LogP contribution in [0.15, 0.2) is 71.8 Å². The van der Waals surface area contributed by atoms with Crippen molar-refractivity contribution in [1.82, 2.24) is 25.0 Å². The van der Waals surface area contributed by atoms with E-state index < -0.39 is 23.1 Å². The Morgan fingerprint density at radius 3 is 2.59 bits per heavy atom. The van der Waals surface area contributed by atoms with Crippen molar-refractivity contribution in [3.63, 3.8) is 0 Å². The summed E-state index contributed by atoms with van der Waals surface area (Å²) in [6.07, 6.45) is 2.70. The summed E-state index contributed by atoms with van der Waals surface area (Å²) in [5, 5.41) is 9.73. The summed E-state index contributed by atoms with van der Waals surface area (Å²) < 4.78 is 35.0. The Kier molecular flexibility index (Phi) is 8.28. The van der Waals surface area contributed by atoms with Crippen molar-refractivity contribution in [3.8, 4) is 29.0 Å². The molecule has 2 aromatic heterocycles. The van der Waals surface area contributed by atoms with Crippen LogP contribution in [-0.4, -0.2) is 58.3 Å². The summed E-state index contributed by atoms with van der Waals surface area (Å²) in [5.74, 6) is 4.32. The highest BCUT2D eigenvalue weighted by atomic mass is 19.1. The average Bonchev–Trinajstić information content (AvgIpc) is 2.97. The highest BCUT2D eigenvalue weighted by molar-refractivity contribution is 6.04. The molecule has 0 atom stereocenters. The minimum atomic E-state index is -0.773. The van der Waals surface area contributed by atoms with Crippen LogP contribution in [0.25, 0.3) is 5.69 Å². The number of pyridine rings is 1. The van der Waals surface area contributed by atoms with Gasteiger partial charge in [-0.2, -0.15) is 9.78 Å². The van der Waals surface area contributed by atoms with Gasteiger partial charge in [-0.05, 0) is 42.5 Å². The fraction of sp³-hybridized carbons (Fsp3) is 0.172. The lowest BCUT2D eigenvalue weighted by atomic mass is 10.2. The molecule has 0 bridgehead atoms. The third-order valence-corrected chi connectivity index (χ3v) is 6.24. The number of nitrogens with two attached hydrogens (primary N) is 1. The van der Waals surface area contributed by atoms with Crippen LogP contribution in [0, 0.1) is 23.5 Å². The number of hydrogen-bond donors (Lipinski definition) is 3. The molecule has 4 aromatic rings. The van der Waals surface area contributed by atoms with E-state index in [4.69, 9.17) is 10.5 Å². The van der Waals surface area contributed by atoms with E-state index in [9.17, 15) is 14.0 Å². The zero-order valence-corrected chi connectivity index (χ0v) is 21.7. The lowest BCUT2D eigenvalue weighted by molar-refractivity contribution is 0.102. The number of carbonyl (C=O) groups excluding carboxylic acids is 1. The summed E-state index contributed by atoms with van der Waals surface area (Å²) in [7, 11) is 0. The minimum absolute atomic E-state index is 0.0923. The SMILES string of the molecule is Nc1nccc(Oc2ccc(NC(=O)c3ccnn(-c4ccc(F)cc4)c3=O)cc2F)c1C#CCN1CCNCC1. The number of halogens is 2. The van der Waals surface area contributed by atoms with Gasteiger partial charge >= 0.3 is 0 Å². The number of aromatic nitrogens is 3. The zero-order valence-electron chi connectivity index (χ0n) is 21.7. The van der Waals surface area contributed by atoms with E-state index in [1.807, 2.05) is 0 Å². The predicted octanol–water partition coefficient (Wildman–Crippen LogP) is 2.79. The molecule has 0 unspecified atom stereocenters. The molecule has 0 saturated carbocycles. The zero-order chi connectivity index (χ0) is 28.8. The van der Waals surface area contributed by atoms with Crippen LogP contribution in [-0.2, 0) is 0 Å². The number of ether oxygens (including phenoxy) is 1. The van der Waals surface area contributed by atoms with Crippen LogP contribution in [0.5, 0.6) is 11.5 Å². The molecule has 1 aliphatic rings. The molecule has 4 N–H and O–H groups in total. The van der Waals surface area contributed by atoms with E-state index in [0.717, 1.165) is 36.9 Å². The van der Waals surface area contributed by atoms with E-state index in [0.29, 0.717) is 12.1 Å². The number of hydrogen-bond acceptors (Lipinski definition) is 8. The van der Waals surface area contributed by atoms with Crippen molar-refractivity contribution < 1.29 is 18.3 Å². The molecule has 10 nitrogen and oxygen atoms in total. The highest BCUT2D eigenvalue weighted by Crippen LogP contribution is 2.30. The number of nitrogen functional groups attached to an aromatic ring is 1. The molecule has 0 radical (unpaired) electrons. The summed E-state index contributed by atoms with van der Waals surface area (Å²) in [6, 6.07) is 11.7. The Hall–Kier alpha value is -5.12. The van der Waals surface area contributed by atoms with Crippen LogP contribution in [0.2, 0.25) is 0 Å². The molecule has 1 amide bonds. The van der Waals surface area contributed by atoms with Crippen LogP contribution in [0.4, 0.5) is 20.3 Å². The summed E-state index contributed by atoms with van der Waals surface area (Å²) in [5.41, 5.74) is 5.78. The quantitative estimate of drug-likeness (QED) is 0.309. The lowest BCUT2D eigenvalue weighted by Gasteiger charge is -2.24. The Morgan fingerprint density at radius 2 is 1.83 bits per heavy atom. The van der Waals surface area contributed by atoms with Gasteiger partial charge < -0.3 is 21.1 Å². The molecule has 208 valence electrons. The molecule has 41 heavy (non-hydrogen) atoms. The second-order valence-electron chi connectivity index (χ2n) is 9.04. The van der Waals surface area contributed by atoms with Crippen molar-refractivity contribution in [1.29, 1.82) is 0 Å². The van der Waals surface area contributed by atoms with E-state index in [1.165, 1.54) is 60.9 Å². The molecule has 1 aliphatic heterocycles. The van der Waals surface area contributed by atoms with Crippen LogP contribution in [0.1, 0.15) is 15.9 Å². The van der Waals surface area contributed by atoms with Gasteiger partial charge in [0.05, 0.1) is 12.2 Å². The Bertz CT molecular complexity index is 1690. The molecule has 5 rings (SSSR count). The first kappa shape index (κ1) is 27.4. The largest absolute Gasteiger partial charge is 0.453 e. The normalized spacial score (nSPS) is 13.2. The second kappa shape index (κ2) is 12.4. The van der Waals surface area contributed by atoms with E-state index in [1.54, 1.807) is 0 Å². The molecule has 1 fully saturated rings. The standard InChI is InChI=1S/C29H25F2N7O3/c30-19-3-6-21(7-4-19)38-29(40)23(9-12-35-38)28(39)36-20-5-8-26(24(31)18-20)41-25-10-11-34-27(32)22(25)2-1-15-37-16-13-33-14-17-37/h3-12,18,33H,13-17H2,(H2,32,34)(H,36,39). The minimum Gasteiger partial charge on any atom is -0.453 e. The van der Waals surface area contributed by atoms with Gasteiger partial charge in [0.15, 0.2) is 11.6 Å². The van der Waals surface area contributed by atoms with E-state index in [2.05, 4.69) is 37.5 Å². The van der Waals surface area contributed by atoms with Crippen LogP contribution in [0.3, 0.4) is 0 Å². The molecule has 12 heteroatoms. The molecule has 0 aliphatic carbocycles. The van der Waals surface area contributed by atoms with Gasteiger partial charge in [0.1, 0.15) is 28.5 Å². The molecule has 0 spiro atoms. The topological polar surface area (TPSA) is 127 Å². The van der Waals surface area contributed by atoms with Gasteiger partial charge in [-0.1, -0.05) is 11.8 Å². The van der Waals surface area contributed by atoms with Gasteiger partial charge in [-0.15, -0.1) is 0 Å². The number of benzene rings is 2. The predicted molar refractivity (Wildman–Crippen MR) is 149 cm³/mol. The highest BCUT2D eigenvalue weighted by Gasteiger charge is 2.17. The first-order chi connectivity index (χ1) is 19.9.